The molecule has 2 heterocycles. The van der Waals surface area contributed by atoms with E-state index in [4.69, 9.17) is 4.74 Å². The van der Waals surface area contributed by atoms with Crippen molar-refractivity contribution in [1.29, 1.82) is 0 Å². The van der Waals surface area contributed by atoms with Gasteiger partial charge in [-0.25, -0.2) is 9.59 Å². The predicted octanol–water partition coefficient (Wildman–Crippen LogP) is 0.814. The molecule has 6 nitrogen and oxygen atoms in total. The van der Waals surface area contributed by atoms with Gasteiger partial charge in [0.2, 0.25) is 0 Å². The fourth-order valence-corrected chi connectivity index (χ4v) is 2.61. The molecule has 2 amide bonds. The second kappa shape index (κ2) is 5.14. The Morgan fingerprint density at radius 1 is 1.39 bits per heavy atom. The lowest BCUT2D eigenvalue weighted by molar-refractivity contribution is -0.147. The maximum absolute atomic E-state index is 12.1. The Morgan fingerprint density at radius 3 is 2.67 bits per heavy atom. The van der Waals surface area contributed by atoms with Gasteiger partial charge in [-0.15, -0.1) is 0 Å². The van der Waals surface area contributed by atoms with E-state index < -0.39 is 11.5 Å². The molecule has 0 radical (unpaired) electrons. The number of amides is 2. The number of carbonyl (C=O) groups is 2. The fraction of sp³-hybridized carbons (Fsp3) is 0.833. The third-order valence-corrected chi connectivity index (χ3v) is 3.90. The number of carboxylic acid groups (broad SMARTS) is 1. The molecule has 102 valence electrons. The standard InChI is InChI=1S/C12H20N2O4/c1-12(10(15)16)5-2-6-14(12)11(17)13-9-3-7-18-8-4-9/h9H,2-8H2,1H3,(H,13,17)(H,15,16). The average Bonchev–Trinajstić information content (AvgIpc) is 2.74. The molecule has 0 aliphatic carbocycles. The summed E-state index contributed by atoms with van der Waals surface area (Å²) in [5.41, 5.74) is -1.06. The number of hydrogen-bond donors (Lipinski definition) is 2. The van der Waals surface area contributed by atoms with Crippen LogP contribution in [-0.2, 0) is 9.53 Å². The Labute approximate surface area is 106 Å². The molecular formula is C12H20N2O4. The van der Waals surface area contributed by atoms with E-state index in [0.29, 0.717) is 26.2 Å². The second-order valence-electron chi connectivity index (χ2n) is 5.17. The largest absolute Gasteiger partial charge is 0.480 e. The minimum absolute atomic E-state index is 0.102. The summed E-state index contributed by atoms with van der Waals surface area (Å²) in [6.07, 6.45) is 2.85. The van der Waals surface area contributed by atoms with Gasteiger partial charge in [-0.1, -0.05) is 0 Å². The van der Waals surface area contributed by atoms with Crippen LogP contribution in [0.4, 0.5) is 4.79 Å². The molecule has 0 aromatic rings. The summed E-state index contributed by atoms with van der Waals surface area (Å²) in [6, 6.07) is -0.158. The Bertz CT molecular complexity index is 341. The van der Waals surface area contributed by atoms with Crippen molar-refractivity contribution in [1.82, 2.24) is 10.2 Å². The molecule has 6 heteroatoms. The van der Waals surface area contributed by atoms with Crippen LogP contribution in [-0.4, -0.2) is 53.3 Å². The van der Waals surface area contributed by atoms with Crippen molar-refractivity contribution >= 4 is 12.0 Å². The number of urea groups is 1. The highest BCUT2D eigenvalue weighted by molar-refractivity contribution is 5.86. The molecule has 2 saturated heterocycles. The molecule has 1 atom stereocenters. The molecule has 2 aliphatic rings. The van der Waals surface area contributed by atoms with Crippen LogP contribution in [0.15, 0.2) is 0 Å². The van der Waals surface area contributed by atoms with Gasteiger partial charge in [0.05, 0.1) is 0 Å². The monoisotopic (exact) mass is 256 g/mol. The number of nitrogens with zero attached hydrogens (tertiary/aromatic N) is 1. The van der Waals surface area contributed by atoms with Crippen LogP contribution in [0.3, 0.4) is 0 Å². The second-order valence-corrected chi connectivity index (χ2v) is 5.17. The number of hydrogen-bond acceptors (Lipinski definition) is 3. The van der Waals surface area contributed by atoms with Gasteiger partial charge in [-0.2, -0.15) is 0 Å². The Morgan fingerprint density at radius 2 is 2.06 bits per heavy atom. The topological polar surface area (TPSA) is 78.9 Å². The van der Waals surface area contributed by atoms with Crippen LogP contribution in [0.2, 0.25) is 0 Å². The van der Waals surface area contributed by atoms with Gasteiger partial charge in [0, 0.05) is 25.8 Å². The maximum Gasteiger partial charge on any atom is 0.329 e. The molecule has 0 aromatic carbocycles. The molecule has 2 aliphatic heterocycles. The first kappa shape index (κ1) is 13.1. The zero-order valence-electron chi connectivity index (χ0n) is 10.6. The molecule has 2 N–H and O–H groups in total. The Kier molecular flexibility index (Phi) is 3.75. The van der Waals surface area contributed by atoms with Crippen molar-refractivity contribution in [2.24, 2.45) is 0 Å². The van der Waals surface area contributed by atoms with Gasteiger partial charge in [0.25, 0.3) is 0 Å². The van der Waals surface area contributed by atoms with E-state index in [1.54, 1.807) is 6.92 Å². The zero-order valence-corrected chi connectivity index (χ0v) is 10.6. The first-order valence-electron chi connectivity index (χ1n) is 6.43. The number of nitrogens with one attached hydrogen (secondary N) is 1. The van der Waals surface area contributed by atoms with Crippen LogP contribution in [0.1, 0.15) is 32.6 Å². The van der Waals surface area contributed by atoms with E-state index in [0.717, 1.165) is 19.3 Å². The summed E-state index contributed by atoms with van der Waals surface area (Å²) >= 11 is 0. The highest BCUT2D eigenvalue weighted by atomic mass is 16.5. The summed E-state index contributed by atoms with van der Waals surface area (Å²) < 4.78 is 5.23. The van der Waals surface area contributed by atoms with E-state index in [-0.39, 0.29) is 12.1 Å². The third kappa shape index (κ3) is 2.43. The number of carbonyl (C=O) groups excluding carboxylic acids is 1. The zero-order chi connectivity index (χ0) is 13.2. The summed E-state index contributed by atoms with van der Waals surface area (Å²) in [7, 11) is 0. The van der Waals surface area contributed by atoms with Crippen LogP contribution in [0.5, 0.6) is 0 Å². The Hall–Kier alpha value is -1.30. The number of likely N-dealkylation sites (tertiary alicyclic amines) is 1. The van der Waals surface area contributed by atoms with Crippen LogP contribution in [0.25, 0.3) is 0 Å². The molecule has 0 bridgehead atoms. The van der Waals surface area contributed by atoms with Crippen molar-refractivity contribution in [2.75, 3.05) is 19.8 Å². The van der Waals surface area contributed by atoms with Gasteiger partial charge in [-0.05, 0) is 32.6 Å². The van der Waals surface area contributed by atoms with Crippen LogP contribution in [0, 0.1) is 0 Å². The number of ether oxygens (including phenoxy) is 1. The molecule has 18 heavy (non-hydrogen) atoms. The van der Waals surface area contributed by atoms with E-state index in [1.165, 1.54) is 4.90 Å². The van der Waals surface area contributed by atoms with Gasteiger partial charge >= 0.3 is 12.0 Å². The molecular weight excluding hydrogens is 236 g/mol. The van der Waals surface area contributed by atoms with Crippen molar-refractivity contribution < 1.29 is 19.4 Å². The molecule has 0 saturated carbocycles. The summed E-state index contributed by atoms with van der Waals surface area (Å²) in [6.45, 7) is 3.44. The molecule has 0 spiro atoms. The minimum atomic E-state index is -1.06. The fourth-order valence-electron chi connectivity index (χ4n) is 2.61. The van der Waals surface area contributed by atoms with Crippen molar-refractivity contribution in [3.8, 4) is 0 Å². The number of aliphatic carboxylic acids is 1. The average molecular weight is 256 g/mol. The van der Waals surface area contributed by atoms with Gasteiger partial charge in [-0.3, -0.25) is 0 Å². The lowest BCUT2D eigenvalue weighted by Crippen LogP contribution is -2.56. The van der Waals surface area contributed by atoms with E-state index >= 15 is 0 Å². The molecule has 0 aromatic heterocycles. The highest BCUT2D eigenvalue weighted by Gasteiger charge is 2.46. The van der Waals surface area contributed by atoms with Crippen LogP contribution < -0.4 is 5.32 Å². The summed E-state index contributed by atoms with van der Waals surface area (Å²) in [4.78, 5) is 24.9. The first-order valence-corrected chi connectivity index (χ1v) is 6.43. The van der Waals surface area contributed by atoms with Gasteiger partial charge in [0.15, 0.2) is 0 Å². The highest BCUT2D eigenvalue weighted by Crippen LogP contribution is 2.29. The Balaban J connectivity index is 1.97. The van der Waals surface area contributed by atoms with Gasteiger partial charge in [0.1, 0.15) is 5.54 Å². The smallest absolute Gasteiger partial charge is 0.329 e. The van der Waals surface area contributed by atoms with E-state index in [9.17, 15) is 14.7 Å². The predicted molar refractivity (Wildman–Crippen MR) is 64.4 cm³/mol. The van der Waals surface area contributed by atoms with E-state index in [2.05, 4.69) is 5.32 Å². The lowest BCUT2D eigenvalue weighted by Gasteiger charge is -2.33. The number of carboxylic acids is 1. The van der Waals surface area contributed by atoms with Crippen molar-refractivity contribution in [2.45, 2.75) is 44.2 Å². The molecule has 2 rings (SSSR count). The van der Waals surface area contributed by atoms with Crippen LogP contribution >= 0.6 is 0 Å². The van der Waals surface area contributed by atoms with E-state index in [1.807, 2.05) is 0 Å². The molecule has 1 unspecified atom stereocenters. The number of rotatable bonds is 2. The maximum atomic E-state index is 12.1. The van der Waals surface area contributed by atoms with Crippen molar-refractivity contribution in [3.63, 3.8) is 0 Å². The quantitative estimate of drug-likeness (QED) is 0.766. The SMILES string of the molecule is CC1(C(=O)O)CCCN1C(=O)NC1CCOCC1. The lowest BCUT2D eigenvalue weighted by atomic mass is 9.99. The summed E-state index contributed by atoms with van der Waals surface area (Å²) in [5.74, 6) is -0.929. The summed E-state index contributed by atoms with van der Waals surface area (Å²) in [5, 5.41) is 12.2. The minimum Gasteiger partial charge on any atom is -0.480 e. The normalized spacial score (nSPS) is 29.3. The molecule has 2 fully saturated rings. The van der Waals surface area contributed by atoms with Gasteiger partial charge < -0.3 is 20.1 Å². The third-order valence-electron chi connectivity index (χ3n) is 3.90. The van der Waals surface area contributed by atoms with Crippen molar-refractivity contribution in [3.05, 3.63) is 0 Å². The first-order chi connectivity index (χ1) is 8.54.